The van der Waals surface area contributed by atoms with Crippen LogP contribution in [0.4, 0.5) is 5.69 Å². The average molecular weight is 578 g/mol. The predicted octanol–water partition coefficient (Wildman–Crippen LogP) is 12.1. The van der Waals surface area contributed by atoms with E-state index in [0.29, 0.717) is 0 Å². The third-order valence-electron chi connectivity index (χ3n) is 8.59. The van der Waals surface area contributed by atoms with Crippen LogP contribution in [0.2, 0.25) is 0 Å². The molecule has 1 aliphatic heterocycles. The van der Waals surface area contributed by atoms with E-state index in [2.05, 4.69) is 177 Å². The van der Waals surface area contributed by atoms with E-state index in [1.807, 2.05) is 12.3 Å². The van der Waals surface area contributed by atoms with Crippen LogP contribution < -0.4 is 5.32 Å². The molecule has 0 amide bonds. The average Bonchev–Trinajstić information content (AvgIpc) is 3.13. The summed E-state index contributed by atoms with van der Waals surface area (Å²) in [6.07, 6.45) is 17.1. The molecule has 6 aromatic rings. The van der Waals surface area contributed by atoms with Crippen LogP contribution in [0.3, 0.4) is 0 Å². The quantitative estimate of drug-likeness (QED) is 0.162. The van der Waals surface area contributed by atoms with Crippen molar-refractivity contribution >= 4 is 50.5 Å². The van der Waals surface area contributed by atoms with E-state index in [1.54, 1.807) is 0 Å². The molecule has 45 heavy (non-hydrogen) atoms. The number of hydrogen-bond acceptors (Lipinski definition) is 1. The molecule has 0 saturated heterocycles. The van der Waals surface area contributed by atoms with E-state index < -0.39 is 0 Å². The monoisotopic (exact) mass is 577 g/mol. The molecule has 0 aromatic heterocycles. The number of fused-ring (bicyclic) bond motifs is 4. The summed E-state index contributed by atoms with van der Waals surface area (Å²) >= 11 is 0. The van der Waals surface area contributed by atoms with Gasteiger partial charge in [0.05, 0.1) is 0 Å². The van der Waals surface area contributed by atoms with Crippen molar-refractivity contribution in [2.75, 3.05) is 5.32 Å². The van der Waals surface area contributed by atoms with Crippen molar-refractivity contribution in [3.63, 3.8) is 0 Å². The van der Waals surface area contributed by atoms with Crippen molar-refractivity contribution in [2.45, 2.75) is 13.8 Å². The van der Waals surface area contributed by atoms with E-state index in [0.717, 1.165) is 16.8 Å². The molecule has 216 valence electrons. The molecule has 1 nitrogen and oxygen atoms in total. The number of anilines is 1. The third kappa shape index (κ3) is 5.94. The molecule has 0 fully saturated rings. The van der Waals surface area contributed by atoms with Gasteiger partial charge in [-0.05, 0) is 116 Å². The number of aryl methyl sites for hydroxylation is 1. The highest BCUT2D eigenvalue weighted by atomic mass is 14.8. The zero-order valence-electron chi connectivity index (χ0n) is 25.7. The Balaban J connectivity index is 1.34. The lowest BCUT2D eigenvalue weighted by molar-refractivity contribution is 1.43. The first-order valence-corrected chi connectivity index (χ1v) is 15.5. The maximum atomic E-state index is 3.52. The number of rotatable bonds is 4. The molecule has 0 bridgehead atoms. The van der Waals surface area contributed by atoms with Gasteiger partial charge in [0.2, 0.25) is 0 Å². The Bertz CT molecular complexity index is 2190. The van der Waals surface area contributed by atoms with Gasteiger partial charge in [-0.3, -0.25) is 0 Å². The normalized spacial score (nSPS) is 16.6. The Kier molecular flexibility index (Phi) is 7.83. The standard InChI is InChI=1S/C44H35N/c1-31(33-14-7-5-8-15-33)26-34-21-22-35(27-32(34)2)36-23-24-44-39(28-36)29-37(16-6-3-4-13-25-45-44)43-30-38-17-9-10-18-40(38)41-19-11-12-20-42(41)43/h3-30,45H,1-2H3/b4-3-,16-6-,25-13+,31-26+,37-29+. The zero-order chi connectivity index (χ0) is 30.6. The Morgan fingerprint density at radius 1 is 0.622 bits per heavy atom. The van der Waals surface area contributed by atoms with Crippen LogP contribution in [0, 0.1) is 6.92 Å². The second kappa shape index (κ2) is 12.5. The lowest BCUT2D eigenvalue weighted by atomic mass is 9.91. The minimum atomic E-state index is 1.07. The van der Waals surface area contributed by atoms with Crippen molar-refractivity contribution in [3.8, 4) is 11.1 Å². The Labute approximate surface area is 265 Å². The van der Waals surface area contributed by atoms with Gasteiger partial charge in [0, 0.05) is 11.9 Å². The fourth-order valence-corrected chi connectivity index (χ4v) is 6.19. The molecule has 7 rings (SSSR count). The number of hydrogen-bond donors (Lipinski definition) is 1. The topological polar surface area (TPSA) is 12.0 Å². The second-order valence-electron chi connectivity index (χ2n) is 11.6. The Morgan fingerprint density at radius 2 is 1.33 bits per heavy atom. The fourth-order valence-electron chi connectivity index (χ4n) is 6.19. The summed E-state index contributed by atoms with van der Waals surface area (Å²) in [5.74, 6) is 0. The highest BCUT2D eigenvalue weighted by molar-refractivity contribution is 6.14. The molecule has 1 aliphatic rings. The summed E-state index contributed by atoms with van der Waals surface area (Å²) in [4.78, 5) is 0. The smallest absolute Gasteiger partial charge is 0.0454 e. The summed E-state index contributed by atoms with van der Waals surface area (Å²) < 4.78 is 0. The van der Waals surface area contributed by atoms with Crippen LogP contribution >= 0.6 is 0 Å². The number of allylic oxidation sites excluding steroid dienone is 7. The van der Waals surface area contributed by atoms with Crippen molar-refractivity contribution in [3.05, 3.63) is 186 Å². The van der Waals surface area contributed by atoms with Gasteiger partial charge in [-0.25, -0.2) is 0 Å². The first kappa shape index (κ1) is 28.1. The molecule has 6 aromatic carbocycles. The first-order valence-electron chi connectivity index (χ1n) is 15.5. The molecule has 0 saturated carbocycles. The van der Waals surface area contributed by atoms with Crippen molar-refractivity contribution < 1.29 is 0 Å². The first-order chi connectivity index (χ1) is 22.1. The number of nitrogens with one attached hydrogen (secondary N) is 1. The molecule has 1 N–H and O–H groups in total. The zero-order valence-corrected chi connectivity index (χ0v) is 25.7. The molecule has 0 unspecified atom stereocenters. The largest absolute Gasteiger partial charge is 0.361 e. The second-order valence-corrected chi connectivity index (χ2v) is 11.6. The van der Waals surface area contributed by atoms with Gasteiger partial charge in [0.15, 0.2) is 0 Å². The van der Waals surface area contributed by atoms with Crippen LogP contribution in [0.25, 0.3) is 56.0 Å². The summed E-state index contributed by atoms with van der Waals surface area (Å²) in [6, 6.07) is 43.8. The van der Waals surface area contributed by atoms with Crippen LogP contribution in [0.1, 0.15) is 34.7 Å². The molecule has 1 heterocycles. The maximum absolute atomic E-state index is 3.52. The van der Waals surface area contributed by atoms with Gasteiger partial charge in [-0.1, -0.05) is 134 Å². The molecule has 0 radical (unpaired) electrons. The lowest BCUT2D eigenvalue weighted by Gasteiger charge is -2.14. The van der Waals surface area contributed by atoms with Crippen LogP contribution in [-0.2, 0) is 0 Å². The van der Waals surface area contributed by atoms with Gasteiger partial charge in [0.25, 0.3) is 0 Å². The minimum absolute atomic E-state index is 1.07. The molecule has 1 heteroatoms. The van der Waals surface area contributed by atoms with Crippen molar-refractivity contribution in [1.29, 1.82) is 0 Å². The summed E-state index contributed by atoms with van der Waals surface area (Å²) in [7, 11) is 0. The highest BCUT2D eigenvalue weighted by Gasteiger charge is 2.12. The van der Waals surface area contributed by atoms with Crippen molar-refractivity contribution in [2.24, 2.45) is 0 Å². The molecule has 0 aliphatic carbocycles. The summed E-state index contributed by atoms with van der Waals surface area (Å²) in [6.45, 7) is 4.38. The van der Waals surface area contributed by atoms with Crippen LogP contribution in [0.5, 0.6) is 0 Å². The predicted molar refractivity (Wildman–Crippen MR) is 197 cm³/mol. The van der Waals surface area contributed by atoms with Gasteiger partial charge in [0.1, 0.15) is 0 Å². The van der Waals surface area contributed by atoms with E-state index in [-0.39, 0.29) is 0 Å². The molecular formula is C44H35N. The minimum Gasteiger partial charge on any atom is -0.361 e. The van der Waals surface area contributed by atoms with Gasteiger partial charge in [-0.15, -0.1) is 0 Å². The fraction of sp³-hybridized carbons (Fsp3) is 0.0455. The number of benzene rings is 6. The van der Waals surface area contributed by atoms with Gasteiger partial charge >= 0.3 is 0 Å². The highest BCUT2D eigenvalue weighted by Crippen LogP contribution is 2.36. The van der Waals surface area contributed by atoms with E-state index in [1.165, 1.54) is 60.5 Å². The molecular weight excluding hydrogens is 542 g/mol. The van der Waals surface area contributed by atoms with Gasteiger partial charge in [-0.2, -0.15) is 0 Å². The van der Waals surface area contributed by atoms with E-state index >= 15 is 0 Å². The maximum Gasteiger partial charge on any atom is 0.0454 e. The van der Waals surface area contributed by atoms with Crippen LogP contribution in [0.15, 0.2) is 158 Å². The molecule has 0 spiro atoms. The third-order valence-corrected chi connectivity index (χ3v) is 8.59. The summed E-state index contributed by atoms with van der Waals surface area (Å²) in [5, 5.41) is 8.56. The van der Waals surface area contributed by atoms with E-state index in [4.69, 9.17) is 0 Å². The SMILES string of the molecule is C/C(=C\c1ccc(-c2ccc3c(c2)\C=C(c2cc4ccccc4c4ccccc24)/C=C\C=C/C=C/N3)cc1C)c1ccccc1. The lowest BCUT2D eigenvalue weighted by Crippen LogP contribution is -1.94. The van der Waals surface area contributed by atoms with Crippen LogP contribution in [-0.4, -0.2) is 0 Å². The van der Waals surface area contributed by atoms with Gasteiger partial charge < -0.3 is 5.32 Å². The Hall–Kier alpha value is -5.66. The molecule has 0 atom stereocenters. The summed E-state index contributed by atoms with van der Waals surface area (Å²) in [5.41, 5.74) is 12.0. The van der Waals surface area contributed by atoms with E-state index in [9.17, 15) is 0 Å². The Morgan fingerprint density at radius 3 is 2.18 bits per heavy atom. The van der Waals surface area contributed by atoms with Crippen molar-refractivity contribution in [1.82, 2.24) is 0 Å².